The first-order valence-corrected chi connectivity index (χ1v) is 10.2. The number of hydrogen-bond donors (Lipinski definition) is 3. The van der Waals surface area contributed by atoms with Gasteiger partial charge in [-0.2, -0.15) is 5.10 Å². The number of nitrogens with one attached hydrogen (secondary N) is 2. The minimum absolute atomic E-state index is 0.0589. The molecular formula is C19H14Br3N3O2. The molecule has 0 fully saturated rings. The van der Waals surface area contributed by atoms with Gasteiger partial charge < -0.3 is 10.4 Å². The topological polar surface area (TPSA) is 73.7 Å². The average molecular weight is 556 g/mol. The van der Waals surface area contributed by atoms with Crippen molar-refractivity contribution in [1.82, 2.24) is 5.43 Å². The number of anilines is 1. The minimum atomic E-state index is -0.284. The number of carbonyl (C=O) groups is 1. The fourth-order valence-electron chi connectivity index (χ4n) is 2.48. The number of phenols is 1. The summed E-state index contributed by atoms with van der Waals surface area (Å²) in [6, 6.07) is 15.6. The number of hydrazone groups is 1. The van der Waals surface area contributed by atoms with Gasteiger partial charge in [0.1, 0.15) is 5.75 Å². The summed E-state index contributed by atoms with van der Waals surface area (Å²) < 4.78 is 1.73. The molecule has 3 aromatic rings. The number of phenolic OH excluding ortho intramolecular Hbond substituents is 1. The van der Waals surface area contributed by atoms with Gasteiger partial charge in [0.15, 0.2) is 0 Å². The first-order chi connectivity index (χ1) is 13.0. The Morgan fingerprint density at radius 2 is 1.81 bits per heavy atom. The number of benzene rings is 3. The lowest BCUT2D eigenvalue weighted by atomic mass is 10.1. The molecule has 27 heavy (non-hydrogen) atoms. The van der Waals surface area contributed by atoms with Crippen molar-refractivity contribution in [3.63, 3.8) is 0 Å². The van der Waals surface area contributed by atoms with E-state index in [1.165, 1.54) is 6.21 Å². The SMILES string of the molecule is O=C(CNc1cccc2ccccc12)N/N=C/c1c(Br)cc(Br)c(O)c1Br. The minimum Gasteiger partial charge on any atom is -0.506 e. The van der Waals surface area contributed by atoms with E-state index in [9.17, 15) is 9.90 Å². The molecule has 0 aliphatic heterocycles. The van der Waals surface area contributed by atoms with Crippen molar-refractivity contribution >= 4 is 76.4 Å². The van der Waals surface area contributed by atoms with Crippen molar-refractivity contribution in [3.8, 4) is 5.75 Å². The van der Waals surface area contributed by atoms with E-state index < -0.39 is 0 Å². The third kappa shape index (κ3) is 4.69. The summed E-state index contributed by atoms with van der Waals surface area (Å²) >= 11 is 9.95. The van der Waals surface area contributed by atoms with Crippen molar-refractivity contribution < 1.29 is 9.90 Å². The van der Waals surface area contributed by atoms with Crippen LogP contribution in [0.15, 0.2) is 67.1 Å². The van der Waals surface area contributed by atoms with Crippen LogP contribution in [0.1, 0.15) is 5.56 Å². The highest BCUT2D eigenvalue weighted by atomic mass is 79.9. The number of nitrogens with zero attached hydrogens (tertiary/aromatic N) is 1. The zero-order valence-corrected chi connectivity index (χ0v) is 18.6. The molecule has 8 heteroatoms. The van der Waals surface area contributed by atoms with E-state index in [-0.39, 0.29) is 18.2 Å². The van der Waals surface area contributed by atoms with Crippen molar-refractivity contribution in [2.24, 2.45) is 5.10 Å². The van der Waals surface area contributed by atoms with Crippen LogP contribution < -0.4 is 10.7 Å². The Hall–Kier alpha value is -1.90. The van der Waals surface area contributed by atoms with Crippen LogP contribution in [0.5, 0.6) is 5.75 Å². The number of fused-ring (bicyclic) bond motifs is 1. The van der Waals surface area contributed by atoms with E-state index in [1.807, 2.05) is 42.5 Å². The highest BCUT2D eigenvalue weighted by Gasteiger charge is 2.12. The smallest absolute Gasteiger partial charge is 0.259 e. The molecule has 0 saturated carbocycles. The Bertz CT molecular complexity index is 1030. The monoisotopic (exact) mass is 553 g/mol. The molecule has 0 unspecified atom stereocenters. The zero-order chi connectivity index (χ0) is 19.4. The summed E-state index contributed by atoms with van der Waals surface area (Å²) in [6.45, 7) is 0.0826. The first kappa shape index (κ1) is 19.9. The van der Waals surface area contributed by atoms with Gasteiger partial charge in [0.25, 0.3) is 5.91 Å². The van der Waals surface area contributed by atoms with Crippen LogP contribution in [-0.2, 0) is 4.79 Å². The number of halogens is 3. The van der Waals surface area contributed by atoms with Crippen LogP contribution in [0.25, 0.3) is 10.8 Å². The van der Waals surface area contributed by atoms with Gasteiger partial charge in [-0.15, -0.1) is 0 Å². The second-order valence-electron chi connectivity index (χ2n) is 5.59. The molecule has 138 valence electrons. The van der Waals surface area contributed by atoms with Gasteiger partial charge in [-0.05, 0) is 49.4 Å². The van der Waals surface area contributed by atoms with E-state index in [0.717, 1.165) is 16.5 Å². The molecule has 0 spiro atoms. The molecule has 0 atom stereocenters. The standard InChI is InChI=1S/C19H14Br3N3O2/c20-14-8-15(21)19(27)18(22)13(14)9-24-25-17(26)10-23-16-7-3-5-11-4-1-2-6-12(11)16/h1-9,23,27H,10H2,(H,25,26)/b24-9+. The van der Waals surface area contributed by atoms with Gasteiger partial charge in [0.05, 0.1) is 21.7 Å². The molecule has 0 aromatic heterocycles. The second-order valence-corrected chi connectivity index (χ2v) is 8.09. The molecule has 0 radical (unpaired) electrons. The van der Waals surface area contributed by atoms with Gasteiger partial charge in [-0.25, -0.2) is 5.43 Å². The van der Waals surface area contributed by atoms with Gasteiger partial charge in [-0.3, -0.25) is 4.79 Å². The summed E-state index contributed by atoms with van der Waals surface area (Å²) in [7, 11) is 0. The number of hydrogen-bond acceptors (Lipinski definition) is 4. The molecule has 3 aromatic carbocycles. The molecular weight excluding hydrogens is 542 g/mol. The quantitative estimate of drug-likeness (QED) is 0.292. The molecule has 0 aliphatic carbocycles. The Balaban J connectivity index is 1.64. The number of amides is 1. The predicted molar refractivity (Wildman–Crippen MR) is 119 cm³/mol. The van der Waals surface area contributed by atoms with E-state index in [1.54, 1.807) is 6.07 Å². The molecule has 0 bridgehead atoms. The average Bonchev–Trinajstić information content (AvgIpc) is 2.67. The summed E-state index contributed by atoms with van der Waals surface area (Å²) in [6.07, 6.45) is 1.45. The molecule has 0 heterocycles. The van der Waals surface area contributed by atoms with Crippen LogP contribution >= 0.6 is 47.8 Å². The fraction of sp³-hybridized carbons (Fsp3) is 0.0526. The van der Waals surface area contributed by atoms with Gasteiger partial charge in [-0.1, -0.05) is 52.3 Å². The van der Waals surface area contributed by atoms with Crippen molar-refractivity contribution in [3.05, 3.63) is 67.5 Å². The van der Waals surface area contributed by atoms with Crippen molar-refractivity contribution in [2.45, 2.75) is 0 Å². The van der Waals surface area contributed by atoms with Gasteiger partial charge >= 0.3 is 0 Å². The lowest BCUT2D eigenvalue weighted by molar-refractivity contribution is -0.119. The molecule has 3 N–H and O–H groups in total. The van der Waals surface area contributed by atoms with Crippen LogP contribution in [0.4, 0.5) is 5.69 Å². The highest BCUT2D eigenvalue weighted by Crippen LogP contribution is 2.38. The molecule has 3 rings (SSSR count). The van der Waals surface area contributed by atoms with Crippen LogP contribution in [0.2, 0.25) is 0 Å². The summed E-state index contributed by atoms with van der Waals surface area (Å²) in [5, 5.41) is 19.2. The highest BCUT2D eigenvalue weighted by molar-refractivity contribution is 9.11. The lowest BCUT2D eigenvalue weighted by Gasteiger charge is -2.09. The Labute approximate surface area is 181 Å². The zero-order valence-electron chi connectivity index (χ0n) is 13.8. The molecule has 1 amide bonds. The number of carbonyl (C=O) groups excluding carboxylic acids is 1. The van der Waals surface area contributed by atoms with Gasteiger partial charge in [0.2, 0.25) is 0 Å². The number of aromatic hydroxyl groups is 1. The fourth-order valence-corrected chi connectivity index (χ4v) is 4.80. The van der Waals surface area contributed by atoms with Crippen molar-refractivity contribution in [2.75, 3.05) is 11.9 Å². The third-order valence-corrected chi connectivity index (χ3v) is 5.86. The van der Waals surface area contributed by atoms with Gasteiger partial charge in [0, 0.05) is 21.1 Å². The van der Waals surface area contributed by atoms with E-state index in [4.69, 9.17) is 0 Å². The normalized spacial score (nSPS) is 11.1. The van der Waals surface area contributed by atoms with Crippen LogP contribution in [-0.4, -0.2) is 23.8 Å². The largest absolute Gasteiger partial charge is 0.506 e. The van der Waals surface area contributed by atoms with E-state index in [2.05, 4.69) is 63.6 Å². The molecule has 0 aliphatic rings. The predicted octanol–water partition coefficient (Wildman–Crippen LogP) is 5.40. The Kier molecular flexibility index (Phi) is 6.51. The summed E-state index contributed by atoms with van der Waals surface area (Å²) in [4.78, 5) is 12.1. The van der Waals surface area contributed by atoms with Crippen LogP contribution in [0.3, 0.4) is 0 Å². The Morgan fingerprint density at radius 1 is 1.07 bits per heavy atom. The molecule has 0 saturated heterocycles. The molecule has 5 nitrogen and oxygen atoms in total. The third-order valence-electron chi connectivity index (χ3n) is 3.79. The maximum absolute atomic E-state index is 12.1. The second kappa shape index (κ2) is 8.86. The summed E-state index contributed by atoms with van der Waals surface area (Å²) in [5.74, 6) is -0.226. The lowest BCUT2D eigenvalue weighted by Crippen LogP contribution is -2.26. The first-order valence-electron chi connectivity index (χ1n) is 7.87. The summed E-state index contributed by atoms with van der Waals surface area (Å²) in [5.41, 5.74) is 3.97. The van der Waals surface area contributed by atoms with E-state index >= 15 is 0 Å². The van der Waals surface area contributed by atoms with Crippen LogP contribution in [0, 0.1) is 0 Å². The maximum atomic E-state index is 12.1. The number of rotatable bonds is 5. The van der Waals surface area contributed by atoms with E-state index in [0.29, 0.717) is 19.0 Å². The maximum Gasteiger partial charge on any atom is 0.259 e. The Morgan fingerprint density at radius 3 is 2.63 bits per heavy atom. The van der Waals surface area contributed by atoms with Crippen molar-refractivity contribution in [1.29, 1.82) is 0 Å².